The van der Waals surface area contributed by atoms with Gasteiger partial charge >= 0.3 is 6.18 Å². The maximum atomic E-state index is 14.5. The number of nitrogen functional groups attached to an aromatic ring is 1. The van der Waals surface area contributed by atoms with E-state index >= 15 is 0 Å². The Kier molecular flexibility index (Phi) is 5.43. The molecule has 3 rings (SSSR count). The monoisotopic (exact) mass is 453 g/mol. The highest BCUT2D eigenvalue weighted by atomic mass is 32.1. The molecule has 1 heterocycles. The summed E-state index contributed by atoms with van der Waals surface area (Å²) in [4.78, 5) is 14.4. The highest BCUT2D eigenvalue weighted by Gasteiger charge is 2.48. The lowest BCUT2D eigenvalue weighted by Crippen LogP contribution is -2.44. The van der Waals surface area contributed by atoms with E-state index in [-0.39, 0.29) is 27.9 Å². The maximum Gasteiger partial charge on any atom is 0.418 e. The number of rotatable bonds is 3. The van der Waals surface area contributed by atoms with Crippen molar-refractivity contribution < 1.29 is 22.4 Å². The van der Waals surface area contributed by atoms with Crippen LogP contribution >= 0.6 is 12.2 Å². The molecule has 1 amide bonds. The number of alkyl halides is 3. The Bertz CT molecular complexity index is 1100. The Morgan fingerprint density at radius 2 is 1.77 bits per heavy atom. The molecule has 0 spiro atoms. The van der Waals surface area contributed by atoms with Crippen molar-refractivity contribution in [3.63, 3.8) is 0 Å². The molecule has 11 heteroatoms. The van der Waals surface area contributed by atoms with Crippen LogP contribution in [0.5, 0.6) is 0 Å². The number of benzene rings is 2. The predicted molar refractivity (Wildman–Crippen MR) is 115 cm³/mol. The maximum absolute atomic E-state index is 14.5. The van der Waals surface area contributed by atoms with Crippen LogP contribution in [0.15, 0.2) is 36.4 Å². The number of nitrogens with one attached hydrogen (secondary N) is 2. The van der Waals surface area contributed by atoms with E-state index in [1.165, 1.54) is 35.0 Å². The van der Waals surface area contributed by atoms with Crippen molar-refractivity contribution in [1.82, 2.24) is 5.32 Å². The molecule has 1 aliphatic heterocycles. The van der Waals surface area contributed by atoms with Gasteiger partial charge in [-0.15, -0.1) is 0 Å². The van der Waals surface area contributed by atoms with Gasteiger partial charge in [0.15, 0.2) is 5.11 Å². The zero-order valence-electron chi connectivity index (χ0n) is 16.8. The number of hydrogen-bond acceptors (Lipinski definition) is 4. The fourth-order valence-corrected chi connectivity index (χ4v) is 3.91. The van der Waals surface area contributed by atoms with E-state index in [1.807, 2.05) is 0 Å². The van der Waals surface area contributed by atoms with Gasteiger partial charge in [-0.3, -0.25) is 15.1 Å². The second-order valence-electron chi connectivity index (χ2n) is 7.37. The van der Waals surface area contributed by atoms with Gasteiger partial charge in [0.05, 0.1) is 22.4 Å². The number of amides is 1. The van der Waals surface area contributed by atoms with Crippen LogP contribution < -0.4 is 20.9 Å². The molecule has 0 bridgehead atoms. The van der Waals surface area contributed by atoms with Crippen molar-refractivity contribution in [3.05, 3.63) is 53.3 Å². The third-order valence-electron chi connectivity index (χ3n) is 5.03. The Morgan fingerprint density at radius 1 is 1.16 bits per heavy atom. The number of nitrogens with two attached hydrogens (primary N) is 1. The van der Waals surface area contributed by atoms with E-state index in [0.717, 1.165) is 18.2 Å². The minimum absolute atomic E-state index is 0.00885. The van der Waals surface area contributed by atoms with Gasteiger partial charge in [-0.2, -0.15) is 13.2 Å². The molecule has 164 valence electrons. The first-order valence-corrected chi connectivity index (χ1v) is 9.43. The molecular weight excluding hydrogens is 434 g/mol. The number of carbonyl (C=O) groups is 1. The number of thiocarbonyl (C=S) groups is 1. The lowest BCUT2D eigenvalue weighted by molar-refractivity contribution is -0.136. The molecule has 2 aromatic carbocycles. The summed E-state index contributed by atoms with van der Waals surface area (Å²) < 4.78 is 54.5. The minimum Gasteiger partial charge on any atom is -0.398 e. The highest BCUT2D eigenvalue weighted by Crippen LogP contribution is 2.40. The van der Waals surface area contributed by atoms with Gasteiger partial charge in [-0.05, 0) is 62.5 Å². The van der Waals surface area contributed by atoms with Crippen LogP contribution in [0.25, 0.3) is 0 Å². The van der Waals surface area contributed by atoms with E-state index in [4.69, 9.17) is 23.4 Å². The minimum atomic E-state index is -4.68. The van der Waals surface area contributed by atoms with Crippen LogP contribution in [-0.2, 0) is 6.18 Å². The average Bonchev–Trinajstić information content (AvgIpc) is 2.85. The van der Waals surface area contributed by atoms with Crippen molar-refractivity contribution in [1.29, 1.82) is 5.41 Å². The molecule has 2 aromatic rings. The van der Waals surface area contributed by atoms with Gasteiger partial charge in [0.25, 0.3) is 5.91 Å². The molecule has 0 radical (unpaired) electrons. The summed E-state index contributed by atoms with van der Waals surface area (Å²) in [6.45, 7) is 3.27. The molecule has 0 atom stereocenters. The third-order valence-corrected chi connectivity index (χ3v) is 5.39. The van der Waals surface area contributed by atoms with E-state index < -0.39 is 34.7 Å². The van der Waals surface area contributed by atoms with Gasteiger partial charge in [0, 0.05) is 18.4 Å². The SMILES string of the molecule is CNC(=O)c1ccc(N2C(=S)N(c3ccc(N)c(C(F)(F)F)c3)C(=N)C2(C)C)cc1F. The first-order valence-electron chi connectivity index (χ1n) is 9.02. The van der Waals surface area contributed by atoms with Crippen molar-refractivity contribution in [3.8, 4) is 0 Å². The summed E-state index contributed by atoms with van der Waals surface area (Å²) in [5.41, 5.74) is 2.95. The molecular formula is C20H19F4N5OS. The number of halogens is 4. The summed E-state index contributed by atoms with van der Waals surface area (Å²) in [6, 6.07) is 7.09. The second kappa shape index (κ2) is 7.49. The van der Waals surface area contributed by atoms with Crippen LogP contribution in [0.3, 0.4) is 0 Å². The van der Waals surface area contributed by atoms with Crippen molar-refractivity contribution in [2.75, 3.05) is 22.6 Å². The second-order valence-corrected chi connectivity index (χ2v) is 7.74. The standard InChI is InChI=1S/C20H19F4N5OS/c1-19(2)17(26)28(10-5-7-15(25)13(8-10)20(22,23)24)18(31)29(19)11-4-6-12(14(21)9-11)16(30)27-3/h4-9,26H,25H2,1-3H3,(H,27,30). The Hall–Kier alpha value is -3.21. The number of anilines is 3. The quantitative estimate of drug-likeness (QED) is 0.369. The zero-order valence-corrected chi connectivity index (χ0v) is 17.6. The van der Waals surface area contributed by atoms with Crippen LogP contribution in [-0.4, -0.2) is 29.4 Å². The van der Waals surface area contributed by atoms with Gasteiger partial charge in [-0.1, -0.05) is 0 Å². The van der Waals surface area contributed by atoms with Gasteiger partial charge < -0.3 is 16.0 Å². The normalized spacial score (nSPS) is 16.1. The predicted octanol–water partition coefficient (Wildman–Crippen LogP) is 4.15. The van der Waals surface area contributed by atoms with E-state index in [1.54, 1.807) is 13.8 Å². The van der Waals surface area contributed by atoms with Crippen LogP contribution in [0.4, 0.5) is 34.6 Å². The molecule has 0 unspecified atom stereocenters. The third kappa shape index (κ3) is 3.69. The molecule has 1 saturated heterocycles. The van der Waals surface area contributed by atoms with Crippen LogP contribution in [0.1, 0.15) is 29.8 Å². The first-order chi connectivity index (χ1) is 14.3. The van der Waals surface area contributed by atoms with E-state index in [0.29, 0.717) is 0 Å². The molecule has 4 N–H and O–H groups in total. The fourth-order valence-electron chi connectivity index (χ4n) is 3.38. The van der Waals surface area contributed by atoms with Crippen LogP contribution in [0.2, 0.25) is 0 Å². The number of hydrogen-bond donors (Lipinski definition) is 3. The summed E-state index contributed by atoms with van der Waals surface area (Å²) >= 11 is 5.47. The van der Waals surface area contributed by atoms with Gasteiger partial charge in [0.2, 0.25) is 0 Å². The number of carbonyl (C=O) groups excluding carboxylic acids is 1. The number of amidine groups is 1. The molecule has 1 fully saturated rings. The summed E-state index contributed by atoms with van der Waals surface area (Å²) in [6.07, 6.45) is -4.68. The van der Waals surface area contributed by atoms with Gasteiger partial charge in [0.1, 0.15) is 11.7 Å². The molecule has 0 saturated carbocycles. The molecule has 1 aliphatic rings. The number of nitrogens with zero attached hydrogens (tertiary/aromatic N) is 2. The fraction of sp³-hybridized carbons (Fsp3) is 0.250. The molecule has 0 aromatic heterocycles. The molecule has 0 aliphatic carbocycles. The Morgan fingerprint density at radius 3 is 2.32 bits per heavy atom. The van der Waals surface area contributed by atoms with Gasteiger partial charge in [-0.25, -0.2) is 4.39 Å². The van der Waals surface area contributed by atoms with E-state index in [9.17, 15) is 22.4 Å². The summed E-state index contributed by atoms with van der Waals surface area (Å²) in [5, 5.41) is 10.9. The summed E-state index contributed by atoms with van der Waals surface area (Å²) in [5.74, 6) is -1.51. The highest BCUT2D eigenvalue weighted by molar-refractivity contribution is 7.81. The molecule has 31 heavy (non-hydrogen) atoms. The van der Waals surface area contributed by atoms with Crippen molar-refractivity contribution >= 4 is 46.1 Å². The average molecular weight is 453 g/mol. The Balaban J connectivity index is 2.08. The summed E-state index contributed by atoms with van der Waals surface area (Å²) in [7, 11) is 1.37. The van der Waals surface area contributed by atoms with E-state index in [2.05, 4.69) is 5.32 Å². The van der Waals surface area contributed by atoms with Crippen molar-refractivity contribution in [2.24, 2.45) is 0 Å². The topological polar surface area (TPSA) is 85.5 Å². The largest absolute Gasteiger partial charge is 0.418 e. The first kappa shape index (κ1) is 22.5. The molecule has 6 nitrogen and oxygen atoms in total. The lowest BCUT2D eigenvalue weighted by atomic mass is 10.0. The zero-order chi connectivity index (χ0) is 23.3. The van der Waals surface area contributed by atoms with Crippen molar-refractivity contribution in [2.45, 2.75) is 25.6 Å². The Labute approximate surface area is 181 Å². The van der Waals surface area contributed by atoms with Crippen LogP contribution in [0, 0.1) is 11.2 Å². The lowest BCUT2D eigenvalue weighted by Gasteiger charge is -2.30. The smallest absolute Gasteiger partial charge is 0.398 e.